The maximum atomic E-state index is 11.5. The van der Waals surface area contributed by atoms with Crippen molar-refractivity contribution in [2.75, 3.05) is 6.61 Å². The molecule has 1 aromatic heterocycles. The number of carboxylic acids is 1. The zero-order chi connectivity index (χ0) is 14.5. The van der Waals surface area contributed by atoms with E-state index >= 15 is 0 Å². The number of nitrogens with zero attached hydrogens (tertiary/aromatic N) is 2. The molecule has 1 aromatic rings. The van der Waals surface area contributed by atoms with Gasteiger partial charge in [0, 0.05) is 18.3 Å². The molecule has 108 valence electrons. The quantitative estimate of drug-likeness (QED) is 0.847. The van der Waals surface area contributed by atoms with Crippen LogP contribution in [-0.4, -0.2) is 33.6 Å². The third kappa shape index (κ3) is 3.31. The van der Waals surface area contributed by atoms with Crippen LogP contribution in [0, 0.1) is 5.92 Å². The number of hydrogen-bond acceptors (Lipinski definition) is 5. The van der Waals surface area contributed by atoms with Crippen LogP contribution < -0.4 is 0 Å². The van der Waals surface area contributed by atoms with Crippen molar-refractivity contribution in [2.24, 2.45) is 5.92 Å². The van der Waals surface area contributed by atoms with Gasteiger partial charge < -0.3 is 9.84 Å². The summed E-state index contributed by atoms with van der Waals surface area (Å²) in [5.41, 5.74) is 0.342. The van der Waals surface area contributed by atoms with Crippen molar-refractivity contribution in [3.05, 3.63) is 23.8 Å². The maximum Gasteiger partial charge on any atom is 0.341 e. The van der Waals surface area contributed by atoms with Crippen LogP contribution in [0.2, 0.25) is 0 Å². The van der Waals surface area contributed by atoms with Gasteiger partial charge in [-0.05, 0) is 32.6 Å². The Morgan fingerprint density at radius 3 is 2.35 bits per heavy atom. The first-order valence-corrected chi connectivity index (χ1v) is 6.83. The third-order valence-corrected chi connectivity index (χ3v) is 3.62. The molecule has 6 nitrogen and oxygen atoms in total. The highest BCUT2D eigenvalue weighted by atomic mass is 16.5. The van der Waals surface area contributed by atoms with E-state index in [1.165, 1.54) is 12.4 Å². The van der Waals surface area contributed by atoms with E-state index in [4.69, 9.17) is 9.84 Å². The van der Waals surface area contributed by atoms with Crippen LogP contribution in [0.5, 0.6) is 0 Å². The van der Waals surface area contributed by atoms with Crippen molar-refractivity contribution >= 4 is 11.9 Å². The number of ether oxygens (including phenoxy) is 1. The Balaban J connectivity index is 1.97. The third-order valence-electron chi connectivity index (χ3n) is 3.62. The Morgan fingerprint density at radius 1 is 1.25 bits per heavy atom. The lowest BCUT2D eigenvalue weighted by molar-refractivity contribution is -0.142. The minimum Gasteiger partial charge on any atom is -0.481 e. The predicted molar refractivity (Wildman–Crippen MR) is 70.3 cm³/mol. The molecule has 0 aromatic carbocycles. The molecule has 0 bridgehead atoms. The van der Waals surface area contributed by atoms with Gasteiger partial charge in [-0.25, -0.2) is 14.8 Å². The lowest BCUT2D eigenvalue weighted by atomic mass is 9.81. The van der Waals surface area contributed by atoms with Crippen molar-refractivity contribution in [1.29, 1.82) is 0 Å². The van der Waals surface area contributed by atoms with Crippen molar-refractivity contribution in [2.45, 2.75) is 38.5 Å². The van der Waals surface area contributed by atoms with E-state index in [2.05, 4.69) is 9.97 Å². The van der Waals surface area contributed by atoms with E-state index in [-0.39, 0.29) is 11.8 Å². The highest BCUT2D eigenvalue weighted by Gasteiger charge is 2.28. The minimum absolute atomic E-state index is 0.182. The number of carbonyl (C=O) groups excluding carboxylic acids is 1. The molecule has 0 spiro atoms. The average Bonchev–Trinajstić information content (AvgIpc) is 2.48. The lowest BCUT2D eigenvalue weighted by Gasteiger charge is -2.24. The normalized spacial score (nSPS) is 22.2. The summed E-state index contributed by atoms with van der Waals surface area (Å²) in [6.45, 7) is 2.06. The van der Waals surface area contributed by atoms with Gasteiger partial charge in [-0.3, -0.25) is 4.79 Å². The van der Waals surface area contributed by atoms with Gasteiger partial charge >= 0.3 is 11.9 Å². The maximum absolute atomic E-state index is 11.5. The molecule has 0 atom stereocenters. The Kier molecular flexibility index (Phi) is 4.65. The van der Waals surface area contributed by atoms with Crippen LogP contribution in [0.25, 0.3) is 0 Å². The Hall–Kier alpha value is -1.98. The SMILES string of the molecule is CCOC(=O)c1cnc(C2CCC(C(=O)O)CC2)nc1. The minimum atomic E-state index is -0.720. The molecular formula is C14H18N2O4. The summed E-state index contributed by atoms with van der Waals surface area (Å²) >= 11 is 0. The number of aliphatic carboxylic acids is 1. The van der Waals surface area contributed by atoms with Crippen LogP contribution in [0.15, 0.2) is 12.4 Å². The van der Waals surface area contributed by atoms with Gasteiger partial charge in [0.1, 0.15) is 5.82 Å². The first kappa shape index (κ1) is 14.4. The second-order valence-corrected chi connectivity index (χ2v) is 4.94. The van der Waals surface area contributed by atoms with Crippen LogP contribution >= 0.6 is 0 Å². The molecule has 0 radical (unpaired) electrons. The molecule has 2 rings (SSSR count). The summed E-state index contributed by atoms with van der Waals surface area (Å²) in [7, 11) is 0. The Labute approximate surface area is 117 Å². The number of rotatable bonds is 4. The Bertz CT molecular complexity index is 478. The van der Waals surface area contributed by atoms with E-state index in [1.54, 1.807) is 6.92 Å². The van der Waals surface area contributed by atoms with Crippen LogP contribution in [0.4, 0.5) is 0 Å². The fourth-order valence-electron chi connectivity index (χ4n) is 2.47. The van der Waals surface area contributed by atoms with Crippen LogP contribution in [0.3, 0.4) is 0 Å². The first-order chi connectivity index (χ1) is 9.61. The molecule has 1 fully saturated rings. The second-order valence-electron chi connectivity index (χ2n) is 4.94. The molecule has 0 unspecified atom stereocenters. The van der Waals surface area contributed by atoms with Crippen molar-refractivity contribution < 1.29 is 19.4 Å². The molecule has 20 heavy (non-hydrogen) atoms. The number of esters is 1. The van der Waals surface area contributed by atoms with E-state index in [0.717, 1.165) is 12.8 Å². The average molecular weight is 278 g/mol. The van der Waals surface area contributed by atoms with Gasteiger partial charge in [-0.2, -0.15) is 0 Å². The molecule has 1 N–H and O–H groups in total. The van der Waals surface area contributed by atoms with Gasteiger partial charge in [0.25, 0.3) is 0 Å². The van der Waals surface area contributed by atoms with E-state index in [9.17, 15) is 9.59 Å². The molecule has 6 heteroatoms. The van der Waals surface area contributed by atoms with E-state index in [1.807, 2.05) is 0 Å². The largest absolute Gasteiger partial charge is 0.481 e. The summed E-state index contributed by atoms with van der Waals surface area (Å²) < 4.78 is 4.87. The second kappa shape index (κ2) is 6.45. The number of aromatic nitrogens is 2. The summed E-state index contributed by atoms with van der Waals surface area (Å²) in [6.07, 6.45) is 5.81. The predicted octanol–water partition coefficient (Wildman–Crippen LogP) is 2.01. The van der Waals surface area contributed by atoms with Gasteiger partial charge in [-0.15, -0.1) is 0 Å². The zero-order valence-electron chi connectivity index (χ0n) is 11.4. The smallest absolute Gasteiger partial charge is 0.341 e. The molecule has 1 saturated carbocycles. The fraction of sp³-hybridized carbons (Fsp3) is 0.571. The topological polar surface area (TPSA) is 89.4 Å². The van der Waals surface area contributed by atoms with E-state index in [0.29, 0.717) is 30.8 Å². The van der Waals surface area contributed by atoms with Crippen LogP contribution in [0.1, 0.15) is 54.7 Å². The van der Waals surface area contributed by atoms with Gasteiger partial charge in [0.05, 0.1) is 18.1 Å². The fourth-order valence-corrected chi connectivity index (χ4v) is 2.47. The molecule has 1 aliphatic carbocycles. The van der Waals surface area contributed by atoms with Gasteiger partial charge in [0.2, 0.25) is 0 Å². The summed E-state index contributed by atoms with van der Waals surface area (Å²) in [5.74, 6) is -0.524. The van der Waals surface area contributed by atoms with Gasteiger partial charge in [-0.1, -0.05) is 0 Å². The molecule has 0 saturated heterocycles. The van der Waals surface area contributed by atoms with Crippen molar-refractivity contribution in [3.63, 3.8) is 0 Å². The number of carbonyl (C=O) groups is 2. The number of carboxylic acid groups (broad SMARTS) is 1. The van der Waals surface area contributed by atoms with Crippen LogP contribution in [-0.2, 0) is 9.53 Å². The Morgan fingerprint density at radius 2 is 1.85 bits per heavy atom. The van der Waals surface area contributed by atoms with Gasteiger partial charge in [0.15, 0.2) is 0 Å². The van der Waals surface area contributed by atoms with Crippen molar-refractivity contribution in [3.8, 4) is 0 Å². The summed E-state index contributed by atoms with van der Waals surface area (Å²) in [4.78, 5) is 30.8. The highest BCUT2D eigenvalue weighted by Crippen LogP contribution is 2.34. The zero-order valence-corrected chi connectivity index (χ0v) is 11.4. The molecule has 1 aliphatic rings. The standard InChI is InChI=1S/C14H18N2O4/c1-2-20-14(19)11-7-15-12(16-8-11)9-3-5-10(6-4-9)13(17)18/h7-10H,2-6H2,1H3,(H,17,18). The molecule has 1 heterocycles. The molecule has 0 aliphatic heterocycles. The summed E-state index contributed by atoms with van der Waals surface area (Å²) in [5, 5.41) is 8.96. The lowest BCUT2D eigenvalue weighted by Crippen LogP contribution is -2.21. The molecular weight excluding hydrogens is 260 g/mol. The monoisotopic (exact) mass is 278 g/mol. The molecule has 0 amide bonds. The summed E-state index contributed by atoms with van der Waals surface area (Å²) in [6, 6.07) is 0. The first-order valence-electron chi connectivity index (χ1n) is 6.83. The highest BCUT2D eigenvalue weighted by molar-refractivity contribution is 5.88. The number of hydrogen-bond donors (Lipinski definition) is 1. The van der Waals surface area contributed by atoms with Crippen molar-refractivity contribution in [1.82, 2.24) is 9.97 Å². The van der Waals surface area contributed by atoms with E-state index < -0.39 is 11.9 Å².